The molecule has 0 bridgehead atoms. The third kappa shape index (κ3) is 5.79. The molecule has 1 aliphatic rings. The summed E-state index contributed by atoms with van der Waals surface area (Å²) in [5, 5.41) is 2.98. The van der Waals surface area contributed by atoms with Gasteiger partial charge in [0.2, 0.25) is 11.8 Å². The summed E-state index contributed by atoms with van der Waals surface area (Å²) in [6, 6.07) is 14.3. The lowest BCUT2D eigenvalue weighted by molar-refractivity contribution is -0.138. The molecule has 29 heavy (non-hydrogen) atoms. The molecular formula is C23H27FN2O3. The molecule has 2 aromatic rings. The van der Waals surface area contributed by atoms with Gasteiger partial charge in [0.05, 0.1) is 13.0 Å². The third-order valence-electron chi connectivity index (χ3n) is 5.29. The summed E-state index contributed by atoms with van der Waals surface area (Å²) in [7, 11) is 1.64. The summed E-state index contributed by atoms with van der Waals surface area (Å²) < 4.78 is 19.0. The van der Waals surface area contributed by atoms with Gasteiger partial charge in [-0.25, -0.2) is 4.39 Å². The fourth-order valence-corrected chi connectivity index (χ4v) is 3.55. The van der Waals surface area contributed by atoms with E-state index in [1.54, 1.807) is 30.2 Å². The van der Waals surface area contributed by atoms with E-state index in [2.05, 4.69) is 5.32 Å². The molecule has 3 rings (SSSR count). The fraction of sp³-hybridized carbons (Fsp3) is 0.391. The zero-order valence-electron chi connectivity index (χ0n) is 16.7. The largest absolute Gasteiger partial charge is 0.497 e. The Kier molecular flexibility index (Phi) is 7.22. The lowest BCUT2D eigenvalue weighted by Crippen LogP contribution is -2.45. The first-order chi connectivity index (χ1) is 14.1. The summed E-state index contributed by atoms with van der Waals surface area (Å²) in [5.41, 5.74) is 1.67. The molecule has 1 atom stereocenters. The highest BCUT2D eigenvalue weighted by atomic mass is 19.1. The van der Waals surface area contributed by atoms with Gasteiger partial charge in [0.1, 0.15) is 11.6 Å². The zero-order chi connectivity index (χ0) is 20.6. The maximum absolute atomic E-state index is 13.9. The number of methoxy groups -OCH3 is 1. The Bertz CT molecular complexity index is 838. The van der Waals surface area contributed by atoms with E-state index in [4.69, 9.17) is 4.74 Å². The maximum Gasteiger partial charge on any atom is 0.224 e. The van der Waals surface area contributed by atoms with Crippen molar-refractivity contribution in [1.82, 2.24) is 10.2 Å². The maximum atomic E-state index is 13.9. The molecule has 5 nitrogen and oxygen atoms in total. The van der Waals surface area contributed by atoms with Crippen molar-refractivity contribution in [1.29, 1.82) is 0 Å². The van der Waals surface area contributed by atoms with Crippen LogP contribution in [0.4, 0.5) is 4.39 Å². The SMILES string of the molecule is COc1ccc(CCCNC(=O)[C@@H]2CCC(=O)N(Cc3ccccc3F)C2)cc1. The molecule has 154 valence electrons. The van der Waals surface area contributed by atoms with Crippen molar-refractivity contribution in [3.05, 3.63) is 65.5 Å². The number of carbonyl (C=O) groups excluding carboxylic acids is 2. The first-order valence-corrected chi connectivity index (χ1v) is 9.98. The van der Waals surface area contributed by atoms with Crippen molar-refractivity contribution in [3.63, 3.8) is 0 Å². The number of benzene rings is 2. The van der Waals surface area contributed by atoms with Gasteiger partial charge in [-0.1, -0.05) is 30.3 Å². The van der Waals surface area contributed by atoms with Gasteiger partial charge in [-0.15, -0.1) is 0 Å². The summed E-state index contributed by atoms with van der Waals surface area (Å²) in [6.07, 6.45) is 2.56. The van der Waals surface area contributed by atoms with Gasteiger partial charge in [-0.2, -0.15) is 0 Å². The van der Waals surface area contributed by atoms with Crippen LogP contribution in [-0.2, 0) is 22.6 Å². The fourth-order valence-electron chi connectivity index (χ4n) is 3.55. The molecule has 0 spiro atoms. The van der Waals surface area contributed by atoms with Crippen molar-refractivity contribution < 1.29 is 18.7 Å². The number of nitrogens with one attached hydrogen (secondary N) is 1. The monoisotopic (exact) mass is 398 g/mol. The zero-order valence-corrected chi connectivity index (χ0v) is 16.7. The number of amides is 2. The topological polar surface area (TPSA) is 58.6 Å². The number of nitrogens with zero attached hydrogens (tertiary/aromatic N) is 1. The predicted octanol–water partition coefficient (Wildman–Crippen LogP) is 3.32. The Morgan fingerprint density at radius 1 is 1.21 bits per heavy atom. The van der Waals surface area contributed by atoms with Gasteiger partial charge in [-0.05, 0) is 43.0 Å². The number of halogens is 1. The van der Waals surface area contributed by atoms with Crippen LogP contribution in [0.25, 0.3) is 0 Å². The molecule has 0 saturated carbocycles. The average molecular weight is 398 g/mol. The highest BCUT2D eigenvalue weighted by Gasteiger charge is 2.30. The molecule has 0 unspecified atom stereocenters. The van der Waals surface area contributed by atoms with Crippen molar-refractivity contribution >= 4 is 11.8 Å². The normalized spacial score (nSPS) is 16.6. The molecule has 1 saturated heterocycles. The molecule has 1 N–H and O–H groups in total. The van der Waals surface area contributed by atoms with Gasteiger partial charge in [0.15, 0.2) is 0 Å². The van der Waals surface area contributed by atoms with E-state index >= 15 is 0 Å². The van der Waals surface area contributed by atoms with E-state index in [1.165, 1.54) is 11.6 Å². The molecule has 1 aliphatic heterocycles. The van der Waals surface area contributed by atoms with E-state index in [0.29, 0.717) is 31.5 Å². The number of carbonyl (C=O) groups is 2. The average Bonchev–Trinajstić information content (AvgIpc) is 2.74. The molecule has 2 aromatic carbocycles. The lowest BCUT2D eigenvalue weighted by atomic mass is 9.96. The lowest BCUT2D eigenvalue weighted by Gasteiger charge is -2.32. The molecule has 0 aliphatic carbocycles. The van der Waals surface area contributed by atoms with Gasteiger partial charge in [0.25, 0.3) is 0 Å². The van der Waals surface area contributed by atoms with Crippen LogP contribution in [-0.4, -0.2) is 36.9 Å². The van der Waals surface area contributed by atoms with Crippen LogP contribution in [0.5, 0.6) is 5.75 Å². The van der Waals surface area contributed by atoms with Crippen LogP contribution >= 0.6 is 0 Å². The third-order valence-corrected chi connectivity index (χ3v) is 5.29. The van der Waals surface area contributed by atoms with E-state index in [1.807, 2.05) is 24.3 Å². The van der Waals surface area contributed by atoms with Crippen LogP contribution in [0.2, 0.25) is 0 Å². The number of piperidine rings is 1. The standard InChI is InChI=1S/C23H27FN2O3/c1-29-20-11-8-17(9-12-20)5-4-14-25-23(28)19-10-13-22(27)26(16-19)15-18-6-2-3-7-21(18)24/h2-3,6-9,11-12,19H,4-5,10,13-16H2,1H3,(H,25,28)/t19-/m1/s1. The van der Waals surface area contributed by atoms with Gasteiger partial charge in [-0.3, -0.25) is 9.59 Å². The number of hydrogen-bond acceptors (Lipinski definition) is 3. The number of hydrogen-bond donors (Lipinski definition) is 1. The Labute approximate surface area is 170 Å². The van der Waals surface area contributed by atoms with E-state index < -0.39 is 0 Å². The number of ether oxygens (including phenoxy) is 1. The van der Waals surface area contributed by atoms with Gasteiger partial charge >= 0.3 is 0 Å². The van der Waals surface area contributed by atoms with Gasteiger partial charge in [0, 0.05) is 31.6 Å². The number of aryl methyl sites for hydroxylation is 1. The van der Waals surface area contributed by atoms with Gasteiger partial charge < -0.3 is 15.0 Å². The van der Waals surface area contributed by atoms with Crippen LogP contribution in [0.15, 0.2) is 48.5 Å². The quantitative estimate of drug-likeness (QED) is 0.694. The van der Waals surface area contributed by atoms with Crippen LogP contribution in [0, 0.1) is 11.7 Å². The summed E-state index contributed by atoms with van der Waals surface area (Å²) in [4.78, 5) is 26.3. The Morgan fingerprint density at radius 3 is 2.69 bits per heavy atom. The first-order valence-electron chi connectivity index (χ1n) is 9.98. The molecule has 2 amide bonds. The summed E-state index contributed by atoms with van der Waals surface area (Å²) >= 11 is 0. The second kappa shape index (κ2) is 10.0. The first kappa shape index (κ1) is 20.8. The van der Waals surface area contributed by atoms with Crippen LogP contribution < -0.4 is 10.1 Å². The van der Waals surface area contributed by atoms with Crippen molar-refractivity contribution in [3.8, 4) is 5.75 Å². The van der Waals surface area contributed by atoms with E-state index in [-0.39, 0.29) is 30.1 Å². The van der Waals surface area contributed by atoms with Crippen LogP contribution in [0.1, 0.15) is 30.4 Å². The molecule has 6 heteroatoms. The molecule has 0 radical (unpaired) electrons. The molecule has 1 heterocycles. The highest BCUT2D eigenvalue weighted by molar-refractivity contribution is 5.83. The minimum absolute atomic E-state index is 0.0307. The minimum Gasteiger partial charge on any atom is -0.497 e. The molecule has 0 aromatic heterocycles. The Hall–Kier alpha value is -2.89. The highest BCUT2D eigenvalue weighted by Crippen LogP contribution is 2.21. The van der Waals surface area contributed by atoms with Crippen molar-refractivity contribution in [2.75, 3.05) is 20.2 Å². The summed E-state index contributed by atoms with van der Waals surface area (Å²) in [5.74, 6) is 0.183. The molecular weight excluding hydrogens is 371 g/mol. The minimum atomic E-state index is -0.328. The summed E-state index contributed by atoms with van der Waals surface area (Å²) in [6.45, 7) is 1.12. The Balaban J connectivity index is 1.45. The number of likely N-dealkylation sites (tertiary alicyclic amines) is 1. The van der Waals surface area contributed by atoms with Crippen molar-refractivity contribution in [2.24, 2.45) is 5.92 Å². The van der Waals surface area contributed by atoms with Crippen molar-refractivity contribution in [2.45, 2.75) is 32.2 Å². The van der Waals surface area contributed by atoms with Crippen LogP contribution in [0.3, 0.4) is 0 Å². The number of rotatable bonds is 8. The van der Waals surface area contributed by atoms with E-state index in [0.717, 1.165) is 18.6 Å². The smallest absolute Gasteiger partial charge is 0.224 e. The second-order valence-electron chi connectivity index (χ2n) is 7.34. The molecule has 1 fully saturated rings. The van der Waals surface area contributed by atoms with E-state index in [9.17, 15) is 14.0 Å². The Morgan fingerprint density at radius 2 is 1.97 bits per heavy atom. The predicted molar refractivity (Wildman–Crippen MR) is 109 cm³/mol. The second-order valence-corrected chi connectivity index (χ2v) is 7.34.